The predicted molar refractivity (Wildman–Crippen MR) is 120 cm³/mol. The van der Waals surface area contributed by atoms with Crippen molar-refractivity contribution >= 4 is 33.6 Å². The van der Waals surface area contributed by atoms with Gasteiger partial charge in [-0.3, -0.25) is 9.59 Å². The van der Waals surface area contributed by atoms with Crippen LogP contribution in [0.1, 0.15) is 45.4 Å². The van der Waals surface area contributed by atoms with E-state index in [0.29, 0.717) is 44.6 Å². The van der Waals surface area contributed by atoms with Gasteiger partial charge in [-0.25, -0.2) is 13.2 Å². The lowest BCUT2D eigenvalue weighted by atomic mass is 10.1. The van der Waals surface area contributed by atoms with E-state index in [1.165, 1.54) is 30.5 Å². The molecule has 0 radical (unpaired) electrons. The highest BCUT2D eigenvalue weighted by molar-refractivity contribution is 7.89. The number of methoxy groups -OCH3 is 1. The van der Waals surface area contributed by atoms with Gasteiger partial charge in [0.2, 0.25) is 15.9 Å². The van der Waals surface area contributed by atoms with Crippen LogP contribution in [0.4, 0.5) is 10.5 Å². The summed E-state index contributed by atoms with van der Waals surface area (Å²) in [5.74, 6) is -0.455. The van der Waals surface area contributed by atoms with Crippen LogP contribution in [0.15, 0.2) is 29.2 Å². The Morgan fingerprint density at radius 1 is 1.06 bits per heavy atom. The van der Waals surface area contributed by atoms with E-state index in [-0.39, 0.29) is 28.8 Å². The molecule has 0 bridgehead atoms. The minimum Gasteiger partial charge on any atom is -0.469 e. The number of piperidine rings is 1. The van der Waals surface area contributed by atoms with Crippen molar-refractivity contribution in [1.82, 2.24) is 14.9 Å². The quantitative estimate of drug-likeness (QED) is 0.354. The minimum absolute atomic E-state index is 0.0945. The van der Waals surface area contributed by atoms with Crippen molar-refractivity contribution in [2.75, 3.05) is 32.1 Å². The number of sulfonamides is 1. The van der Waals surface area contributed by atoms with Gasteiger partial charge >= 0.3 is 12.0 Å². The van der Waals surface area contributed by atoms with E-state index in [1.807, 2.05) is 0 Å². The van der Waals surface area contributed by atoms with Crippen molar-refractivity contribution in [2.45, 2.75) is 56.4 Å². The van der Waals surface area contributed by atoms with Crippen LogP contribution in [0.2, 0.25) is 0 Å². The molecule has 3 N–H and O–H groups in total. The number of anilines is 1. The molecule has 1 fully saturated rings. The zero-order chi connectivity index (χ0) is 23.6. The van der Waals surface area contributed by atoms with Gasteiger partial charge in [-0.05, 0) is 49.9 Å². The minimum atomic E-state index is -3.63. The van der Waals surface area contributed by atoms with Gasteiger partial charge in [0, 0.05) is 44.7 Å². The van der Waals surface area contributed by atoms with Gasteiger partial charge in [-0.2, -0.15) is 4.31 Å². The SMILES string of the molecule is COC(=O)CCCCCNC(=O)NC1CCN(S(=O)(=O)c2ccc(NC(C)=O)cc2)CC1. The van der Waals surface area contributed by atoms with E-state index >= 15 is 0 Å². The molecule has 2 rings (SSSR count). The summed E-state index contributed by atoms with van der Waals surface area (Å²) >= 11 is 0. The third-order valence-electron chi connectivity index (χ3n) is 5.17. The number of nitrogens with one attached hydrogen (secondary N) is 3. The molecule has 1 aliphatic heterocycles. The van der Waals surface area contributed by atoms with Crippen molar-refractivity contribution in [1.29, 1.82) is 0 Å². The number of carbonyl (C=O) groups excluding carboxylic acids is 3. The van der Waals surface area contributed by atoms with E-state index in [1.54, 1.807) is 12.1 Å². The van der Waals surface area contributed by atoms with Gasteiger partial charge in [-0.1, -0.05) is 6.42 Å². The van der Waals surface area contributed by atoms with Gasteiger partial charge in [-0.15, -0.1) is 0 Å². The third-order valence-corrected chi connectivity index (χ3v) is 7.09. The average molecular weight is 469 g/mol. The Kier molecular flexibility index (Phi) is 9.92. The molecule has 10 nitrogen and oxygen atoms in total. The molecule has 0 aliphatic carbocycles. The van der Waals surface area contributed by atoms with E-state index in [4.69, 9.17) is 0 Å². The average Bonchev–Trinajstić information content (AvgIpc) is 2.76. The number of rotatable bonds is 10. The summed E-state index contributed by atoms with van der Waals surface area (Å²) in [7, 11) is -2.27. The molecule has 0 aromatic heterocycles. The van der Waals surface area contributed by atoms with E-state index in [0.717, 1.165) is 19.3 Å². The topological polar surface area (TPSA) is 134 Å². The Hall–Kier alpha value is -2.66. The molecule has 0 unspecified atom stereocenters. The fourth-order valence-corrected chi connectivity index (χ4v) is 4.88. The van der Waals surface area contributed by atoms with E-state index in [2.05, 4.69) is 20.7 Å². The summed E-state index contributed by atoms with van der Waals surface area (Å²) in [6.07, 6.45) is 3.73. The number of ether oxygens (including phenoxy) is 1. The van der Waals surface area contributed by atoms with Crippen molar-refractivity contribution in [2.24, 2.45) is 0 Å². The number of esters is 1. The fraction of sp³-hybridized carbons (Fsp3) is 0.571. The smallest absolute Gasteiger partial charge is 0.315 e. The van der Waals surface area contributed by atoms with E-state index in [9.17, 15) is 22.8 Å². The first-order chi connectivity index (χ1) is 15.2. The Morgan fingerprint density at radius 3 is 2.31 bits per heavy atom. The molecule has 32 heavy (non-hydrogen) atoms. The number of carbonyl (C=O) groups is 3. The van der Waals surface area contributed by atoms with Crippen LogP contribution in [0.3, 0.4) is 0 Å². The first kappa shape index (κ1) is 25.6. The molecule has 0 spiro atoms. The van der Waals surface area contributed by atoms with Crippen molar-refractivity contribution in [3.05, 3.63) is 24.3 Å². The number of unbranched alkanes of at least 4 members (excludes halogenated alkanes) is 2. The molecule has 0 atom stereocenters. The molecule has 1 heterocycles. The number of benzene rings is 1. The van der Waals surface area contributed by atoms with Gasteiger partial charge < -0.3 is 20.7 Å². The molecule has 1 aromatic carbocycles. The standard InChI is InChI=1S/C21H32N4O6S/c1-16(26)23-17-7-9-19(10-8-17)32(29,30)25-14-11-18(12-15-25)24-21(28)22-13-5-3-4-6-20(27)31-2/h7-10,18H,3-6,11-15H2,1-2H3,(H,23,26)(H2,22,24,28). The van der Waals surface area contributed by atoms with Crippen LogP contribution in [0, 0.1) is 0 Å². The van der Waals surface area contributed by atoms with Crippen LogP contribution >= 0.6 is 0 Å². The summed E-state index contributed by atoms with van der Waals surface area (Å²) < 4.78 is 31.7. The molecular weight excluding hydrogens is 436 g/mol. The van der Waals surface area contributed by atoms with Crippen LogP contribution in [-0.2, 0) is 24.3 Å². The van der Waals surface area contributed by atoms with Gasteiger partial charge in [0.05, 0.1) is 12.0 Å². The Balaban J connectivity index is 1.71. The monoisotopic (exact) mass is 468 g/mol. The normalized spacial score (nSPS) is 15.1. The van der Waals surface area contributed by atoms with Crippen molar-refractivity contribution < 1.29 is 27.5 Å². The van der Waals surface area contributed by atoms with Crippen molar-refractivity contribution in [3.8, 4) is 0 Å². The molecule has 1 aliphatic rings. The zero-order valence-electron chi connectivity index (χ0n) is 18.6. The lowest BCUT2D eigenvalue weighted by Crippen LogP contribution is -2.49. The maximum absolute atomic E-state index is 12.8. The number of amides is 3. The number of hydrogen-bond donors (Lipinski definition) is 3. The maximum atomic E-state index is 12.8. The lowest BCUT2D eigenvalue weighted by Gasteiger charge is -2.31. The van der Waals surface area contributed by atoms with Crippen LogP contribution < -0.4 is 16.0 Å². The van der Waals surface area contributed by atoms with Crippen LogP contribution in [0.25, 0.3) is 0 Å². The maximum Gasteiger partial charge on any atom is 0.315 e. The first-order valence-electron chi connectivity index (χ1n) is 10.7. The molecule has 0 saturated carbocycles. The largest absolute Gasteiger partial charge is 0.469 e. The second-order valence-corrected chi connectivity index (χ2v) is 9.61. The molecule has 3 amide bonds. The Morgan fingerprint density at radius 2 is 1.72 bits per heavy atom. The molecule has 1 aromatic rings. The Bertz CT molecular complexity index is 880. The number of urea groups is 1. The van der Waals surface area contributed by atoms with Gasteiger partial charge in [0.1, 0.15) is 0 Å². The highest BCUT2D eigenvalue weighted by Gasteiger charge is 2.29. The highest BCUT2D eigenvalue weighted by atomic mass is 32.2. The first-order valence-corrected chi connectivity index (χ1v) is 12.2. The van der Waals surface area contributed by atoms with E-state index < -0.39 is 10.0 Å². The molecular formula is C21H32N4O6S. The second kappa shape index (κ2) is 12.4. The second-order valence-electron chi connectivity index (χ2n) is 7.67. The summed E-state index contributed by atoms with van der Waals surface area (Å²) in [5.41, 5.74) is 0.536. The summed E-state index contributed by atoms with van der Waals surface area (Å²) in [5, 5.41) is 8.28. The fourth-order valence-electron chi connectivity index (χ4n) is 3.41. The lowest BCUT2D eigenvalue weighted by molar-refractivity contribution is -0.140. The zero-order valence-corrected chi connectivity index (χ0v) is 19.4. The summed E-state index contributed by atoms with van der Waals surface area (Å²) in [6.45, 7) is 2.52. The van der Waals surface area contributed by atoms with Gasteiger partial charge in [0.25, 0.3) is 0 Å². The third kappa shape index (κ3) is 8.12. The summed E-state index contributed by atoms with van der Waals surface area (Å²) in [4.78, 5) is 34.3. The summed E-state index contributed by atoms with van der Waals surface area (Å²) in [6, 6.07) is 5.70. The van der Waals surface area contributed by atoms with Crippen molar-refractivity contribution in [3.63, 3.8) is 0 Å². The molecule has 178 valence electrons. The predicted octanol–water partition coefficient (Wildman–Crippen LogP) is 1.83. The molecule has 11 heteroatoms. The molecule has 1 saturated heterocycles. The number of nitrogens with zero attached hydrogens (tertiary/aromatic N) is 1. The Labute approximate surface area is 189 Å². The van der Waals surface area contributed by atoms with Crippen LogP contribution in [0.5, 0.6) is 0 Å². The van der Waals surface area contributed by atoms with Crippen LogP contribution in [-0.4, -0.2) is 63.4 Å². The number of hydrogen-bond acceptors (Lipinski definition) is 6. The van der Waals surface area contributed by atoms with Gasteiger partial charge in [0.15, 0.2) is 0 Å². The highest BCUT2D eigenvalue weighted by Crippen LogP contribution is 2.22.